The van der Waals surface area contributed by atoms with Gasteiger partial charge in [-0.25, -0.2) is 4.98 Å². The molecule has 1 fully saturated rings. The van der Waals surface area contributed by atoms with Crippen LogP contribution in [0.15, 0.2) is 48.5 Å². The molecule has 1 amide bonds. The van der Waals surface area contributed by atoms with Crippen LogP contribution in [0.3, 0.4) is 0 Å². The minimum atomic E-state index is -0.510. The largest absolute Gasteiger partial charge is 0.358 e. The number of aryl methyl sites for hydroxylation is 1. The molecule has 1 atom stereocenters. The molecule has 8 heteroatoms. The first kappa shape index (κ1) is 18.4. The molecule has 0 bridgehead atoms. The molecule has 2 aromatic carbocycles. The third-order valence-corrected chi connectivity index (χ3v) is 5.00. The van der Waals surface area contributed by atoms with Crippen LogP contribution in [0.5, 0.6) is 0 Å². The van der Waals surface area contributed by atoms with Crippen LogP contribution >= 0.6 is 0 Å². The maximum atomic E-state index is 12.8. The Morgan fingerprint density at radius 1 is 1.24 bits per heavy atom. The highest BCUT2D eigenvalue weighted by Gasteiger charge is 2.32. The number of aromatic nitrogens is 1. The van der Waals surface area contributed by atoms with E-state index in [0.717, 1.165) is 11.3 Å². The Labute approximate surface area is 166 Å². The molecule has 1 aliphatic heterocycles. The lowest BCUT2D eigenvalue weighted by molar-refractivity contribution is -0.384. The molecule has 1 aliphatic rings. The lowest BCUT2D eigenvalue weighted by atomic mass is 10.1. The average Bonchev–Trinajstić information content (AvgIpc) is 3.07. The Morgan fingerprint density at radius 2 is 2.00 bits per heavy atom. The second kappa shape index (κ2) is 7.20. The van der Waals surface area contributed by atoms with Crippen molar-refractivity contribution in [3.63, 3.8) is 0 Å². The van der Waals surface area contributed by atoms with Crippen LogP contribution in [-0.4, -0.2) is 28.4 Å². The minimum Gasteiger partial charge on any atom is -0.358 e. The number of hydrogen-bond donors (Lipinski definition) is 1. The number of non-ortho nitro benzene ring substituents is 1. The summed E-state index contributed by atoms with van der Waals surface area (Å²) in [5.41, 5.74) is 2.59. The van der Waals surface area contributed by atoms with E-state index >= 15 is 0 Å². The van der Waals surface area contributed by atoms with E-state index in [2.05, 4.69) is 16.4 Å². The van der Waals surface area contributed by atoms with Gasteiger partial charge in [0.05, 0.1) is 22.1 Å². The minimum absolute atomic E-state index is 0.0574. The number of nitrogens with one attached hydrogen (secondary N) is 1. The number of carbonyl (C=O) groups is 1. The maximum absolute atomic E-state index is 12.8. The summed E-state index contributed by atoms with van der Waals surface area (Å²) in [6.07, 6.45) is 0.606. The highest BCUT2D eigenvalue weighted by Crippen LogP contribution is 2.27. The number of nitrogens with zero attached hydrogens (tertiary/aromatic N) is 4. The van der Waals surface area contributed by atoms with Crippen molar-refractivity contribution in [2.45, 2.75) is 19.4 Å². The van der Waals surface area contributed by atoms with E-state index in [1.165, 1.54) is 24.3 Å². The molecule has 1 saturated heterocycles. The van der Waals surface area contributed by atoms with Gasteiger partial charge < -0.3 is 10.2 Å². The fraction of sp³-hybridized carbons (Fsp3) is 0.190. The zero-order chi connectivity index (χ0) is 20.5. The number of rotatable bonds is 4. The zero-order valence-electron chi connectivity index (χ0n) is 15.6. The molecule has 1 N–H and O–H groups in total. The quantitative estimate of drug-likeness (QED) is 0.541. The number of carbonyl (C=O) groups excluding carboxylic acids is 1. The predicted molar refractivity (Wildman–Crippen MR) is 109 cm³/mol. The Morgan fingerprint density at radius 3 is 2.69 bits per heavy atom. The molecule has 3 aromatic rings. The van der Waals surface area contributed by atoms with Crippen LogP contribution in [-0.2, 0) is 4.79 Å². The normalized spacial score (nSPS) is 16.1. The lowest BCUT2D eigenvalue weighted by Gasteiger charge is -2.18. The monoisotopic (exact) mass is 387 g/mol. The molecule has 0 spiro atoms. The molecule has 1 unspecified atom stereocenters. The van der Waals surface area contributed by atoms with Crippen LogP contribution in [0.2, 0.25) is 0 Å². The van der Waals surface area contributed by atoms with Crippen molar-refractivity contribution in [1.29, 1.82) is 5.26 Å². The van der Waals surface area contributed by atoms with Gasteiger partial charge >= 0.3 is 0 Å². The molecule has 2 heterocycles. The van der Waals surface area contributed by atoms with Crippen molar-refractivity contribution in [3.8, 4) is 6.07 Å². The number of nitro benzene ring substituents is 1. The summed E-state index contributed by atoms with van der Waals surface area (Å²) in [6.45, 7) is 2.58. The number of nitriles is 1. The third kappa shape index (κ3) is 3.46. The Bertz CT molecular complexity index is 1170. The summed E-state index contributed by atoms with van der Waals surface area (Å²) in [4.78, 5) is 29.5. The van der Waals surface area contributed by atoms with E-state index in [4.69, 9.17) is 0 Å². The fourth-order valence-corrected chi connectivity index (χ4v) is 3.47. The van der Waals surface area contributed by atoms with Gasteiger partial charge in [0.15, 0.2) is 0 Å². The standard InChI is InChI=1S/C21H17N5O3/c1-13-2-4-15(5-3-13)25-9-8-19(21(25)27)24-20-10-14(12-22)17-11-16(26(28)29)6-7-18(17)23-20/h2-7,10-11,19H,8-9H2,1H3,(H,23,24). The Balaban J connectivity index is 1.60. The Kier molecular flexibility index (Phi) is 4.56. The van der Waals surface area contributed by atoms with Crippen LogP contribution in [0.25, 0.3) is 10.9 Å². The summed E-state index contributed by atoms with van der Waals surface area (Å²) >= 11 is 0. The summed E-state index contributed by atoms with van der Waals surface area (Å²) in [5.74, 6) is 0.338. The third-order valence-electron chi connectivity index (χ3n) is 5.00. The molecular weight excluding hydrogens is 370 g/mol. The van der Waals surface area contributed by atoms with Gasteiger partial charge in [0.1, 0.15) is 11.9 Å². The van der Waals surface area contributed by atoms with E-state index in [0.29, 0.717) is 29.7 Å². The summed E-state index contributed by atoms with van der Waals surface area (Å²) in [6, 6.07) is 15.1. The van der Waals surface area contributed by atoms with Crippen LogP contribution < -0.4 is 10.2 Å². The highest BCUT2D eigenvalue weighted by atomic mass is 16.6. The number of amides is 1. The second-order valence-corrected chi connectivity index (χ2v) is 6.94. The number of benzene rings is 2. The number of anilines is 2. The van der Waals surface area contributed by atoms with E-state index < -0.39 is 11.0 Å². The Hall–Kier alpha value is -3.99. The van der Waals surface area contributed by atoms with Gasteiger partial charge in [0, 0.05) is 29.8 Å². The number of pyridine rings is 1. The second-order valence-electron chi connectivity index (χ2n) is 6.94. The van der Waals surface area contributed by atoms with Gasteiger partial charge in [-0.05, 0) is 37.6 Å². The predicted octanol–water partition coefficient (Wildman–Crippen LogP) is 3.54. The number of hydrogen-bond acceptors (Lipinski definition) is 6. The molecule has 1 aromatic heterocycles. The molecule has 0 radical (unpaired) electrons. The first-order valence-corrected chi connectivity index (χ1v) is 9.10. The van der Waals surface area contributed by atoms with Crippen molar-refractivity contribution in [3.05, 3.63) is 69.8 Å². The number of nitro groups is 1. The first-order valence-electron chi connectivity index (χ1n) is 9.10. The van der Waals surface area contributed by atoms with Crippen molar-refractivity contribution < 1.29 is 9.72 Å². The van der Waals surface area contributed by atoms with Crippen molar-refractivity contribution in [1.82, 2.24) is 4.98 Å². The summed E-state index contributed by atoms with van der Waals surface area (Å²) in [5, 5.41) is 24.0. The summed E-state index contributed by atoms with van der Waals surface area (Å²) < 4.78 is 0. The molecular formula is C21H17N5O3. The molecule has 29 heavy (non-hydrogen) atoms. The topological polar surface area (TPSA) is 112 Å². The van der Waals surface area contributed by atoms with Crippen LogP contribution in [0.1, 0.15) is 17.5 Å². The fourth-order valence-electron chi connectivity index (χ4n) is 3.47. The summed E-state index contributed by atoms with van der Waals surface area (Å²) in [7, 11) is 0. The smallest absolute Gasteiger partial charge is 0.270 e. The van der Waals surface area contributed by atoms with E-state index in [-0.39, 0.29) is 17.2 Å². The van der Waals surface area contributed by atoms with Gasteiger partial charge in [-0.1, -0.05) is 17.7 Å². The van der Waals surface area contributed by atoms with Gasteiger partial charge in [-0.15, -0.1) is 0 Å². The molecule has 0 saturated carbocycles. The highest BCUT2D eigenvalue weighted by molar-refractivity contribution is 6.01. The SMILES string of the molecule is Cc1ccc(N2CCC(Nc3cc(C#N)c4cc([N+](=O)[O-])ccc4n3)C2=O)cc1. The van der Waals surface area contributed by atoms with E-state index in [9.17, 15) is 20.2 Å². The van der Waals surface area contributed by atoms with Crippen molar-refractivity contribution >= 4 is 34.0 Å². The maximum Gasteiger partial charge on any atom is 0.270 e. The molecule has 8 nitrogen and oxygen atoms in total. The number of fused-ring (bicyclic) bond motifs is 1. The van der Waals surface area contributed by atoms with Gasteiger partial charge in [0.2, 0.25) is 5.91 Å². The average molecular weight is 387 g/mol. The lowest BCUT2D eigenvalue weighted by Crippen LogP contribution is -2.33. The first-order chi connectivity index (χ1) is 14.0. The molecule has 4 rings (SSSR count). The molecule has 144 valence electrons. The van der Waals surface area contributed by atoms with Crippen LogP contribution in [0.4, 0.5) is 17.2 Å². The molecule has 0 aliphatic carbocycles. The van der Waals surface area contributed by atoms with Crippen molar-refractivity contribution in [2.24, 2.45) is 0 Å². The van der Waals surface area contributed by atoms with E-state index in [1.54, 1.807) is 4.90 Å². The van der Waals surface area contributed by atoms with E-state index in [1.807, 2.05) is 31.2 Å². The van der Waals surface area contributed by atoms with Crippen LogP contribution in [0, 0.1) is 28.4 Å². The van der Waals surface area contributed by atoms with Gasteiger partial charge in [0.25, 0.3) is 5.69 Å². The zero-order valence-corrected chi connectivity index (χ0v) is 15.6. The van der Waals surface area contributed by atoms with Crippen molar-refractivity contribution in [2.75, 3.05) is 16.8 Å². The van der Waals surface area contributed by atoms with Gasteiger partial charge in [-0.2, -0.15) is 5.26 Å². The van der Waals surface area contributed by atoms with Gasteiger partial charge in [-0.3, -0.25) is 14.9 Å².